The first-order chi connectivity index (χ1) is 11.6. The maximum absolute atomic E-state index is 12.7. The van der Waals surface area contributed by atoms with E-state index in [0.717, 1.165) is 27.5 Å². The van der Waals surface area contributed by atoms with Crippen LogP contribution in [-0.2, 0) is 18.0 Å². The third-order valence-corrected chi connectivity index (χ3v) is 4.85. The number of hydrogen-bond acceptors (Lipinski definition) is 4. The van der Waals surface area contributed by atoms with E-state index < -0.39 is 12.0 Å². The third-order valence-electron chi connectivity index (χ3n) is 3.83. The van der Waals surface area contributed by atoms with Crippen molar-refractivity contribution in [2.45, 2.75) is 38.1 Å². The zero-order valence-electron chi connectivity index (χ0n) is 14.3. The minimum Gasteiger partial charge on any atom is -0.349 e. The molecule has 0 bridgehead atoms. The number of aryl methyl sites for hydroxylation is 2. The maximum atomic E-state index is 12.7. The van der Waals surface area contributed by atoms with Gasteiger partial charge < -0.3 is 9.88 Å². The Balaban J connectivity index is 1.94. The molecule has 25 heavy (non-hydrogen) atoms. The van der Waals surface area contributed by atoms with Crippen molar-refractivity contribution >= 4 is 17.7 Å². The summed E-state index contributed by atoms with van der Waals surface area (Å²) < 4.78 is 38.8. The molecule has 1 atom stereocenters. The fourth-order valence-electron chi connectivity index (χ4n) is 2.22. The quantitative estimate of drug-likeness (QED) is 0.817. The van der Waals surface area contributed by atoms with E-state index in [0.29, 0.717) is 0 Å². The first kappa shape index (κ1) is 19.3. The Morgan fingerprint density at radius 3 is 2.52 bits per heavy atom. The number of nitrogens with zero attached hydrogens (tertiary/aromatic N) is 3. The van der Waals surface area contributed by atoms with Crippen LogP contribution in [0.5, 0.6) is 0 Å². The van der Waals surface area contributed by atoms with Gasteiger partial charge in [-0.05, 0) is 37.5 Å². The van der Waals surface area contributed by atoms with Crippen molar-refractivity contribution in [1.29, 1.82) is 0 Å². The minimum atomic E-state index is -4.57. The number of aromatic nitrogens is 3. The smallest absolute Gasteiger partial charge is 0.349 e. The lowest BCUT2D eigenvalue weighted by atomic mass is 10.0. The monoisotopic (exact) mass is 372 g/mol. The molecule has 1 aromatic heterocycles. The molecule has 0 aliphatic rings. The summed E-state index contributed by atoms with van der Waals surface area (Å²) in [4.78, 5) is 12.1. The molecule has 1 amide bonds. The largest absolute Gasteiger partial charge is 0.451 e. The number of rotatable bonds is 5. The molecule has 1 aromatic carbocycles. The molecule has 2 aromatic rings. The fraction of sp³-hybridized carbons (Fsp3) is 0.438. The van der Waals surface area contributed by atoms with E-state index >= 15 is 0 Å². The first-order valence-corrected chi connectivity index (χ1v) is 8.54. The Kier molecular flexibility index (Phi) is 5.76. The summed E-state index contributed by atoms with van der Waals surface area (Å²) in [6.07, 6.45) is -4.57. The summed E-state index contributed by atoms with van der Waals surface area (Å²) in [6.45, 7) is 5.86. The molecule has 1 N–H and O–H groups in total. The highest BCUT2D eigenvalue weighted by atomic mass is 32.2. The van der Waals surface area contributed by atoms with Crippen molar-refractivity contribution < 1.29 is 18.0 Å². The van der Waals surface area contributed by atoms with Crippen LogP contribution in [0.2, 0.25) is 0 Å². The number of nitrogens with one attached hydrogen (secondary N) is 1. The summed E-state index contributed by atoms with van der Waals surface area (Å²) in [7, 11) is 1.22. The molecule has 2 rings (SSSR count). The van der Waals surface area contributed by atoms with Gasteiger partial charge in [0.05, 0.1) is 11.8 Å². The predicted molar refractivity (Wildman–Crippen MR) is 89.2 cm³/mol. The molecule has 0 spiro atoms. The van der Waals surface area contributed by atoms with Crippen LogP contribution in [0, 0.1) is 13.8 Å². The van der Waals surface area contributed by atoms with E-state index in [1.807, 2.05) is 39.0 Å². The number of hydrogen-bond donors (Lipinski definition) is 1. The van der Waals surface area contributed by atoms with E-state index in [1.165, 1.54) is 12.6 Å². The number of thioether (sulfide) groups is 1. The number of halogens is 3. The SMILES string of the molecule is Cc1ccc([C@H](C)NC(=O)CSc2nnc(C(F)(F)F)n2C)cc1C. The molecule has 0 aliphatic heterocycles. The molecule has 9 heteroatoms. The first-order valence-electron chi connectivity index (χ1n) is 7.55. The highest BCUT2D eigenvalue weighted by Crippen LogP contribution is 2.29. The summed E-state index contributed by atoms with van der Waals surface area (Å²) in [5, 5.41) is 9.49. The van der Waals surface area contributed by atoms with Gasteiger partial charge in [0.25, 0.3) is 0 Å². The minimum absolute atomic E-state index is 0.0426. The van der Waals surface area contributed by atoms with Crippen LogP contribution in [-0.4, -0.2) is 26.4 Å². The molecule has 0 aliphatic carbocycles. The van der Waals surface area contributed by atoms with Crippen LogP contribution in [0.25, 0.3) is 0 Å². The van der Waals surface area contributed by atoms with E-state index in [-0.39, 0.29) is 22.9 Å². The van der Waals surface area contributed by atoms with E-state index in [9.17, 15) is 18.0 Å². The van der Waals surface area contributed by atoms with Gasteiger partial charge in [0.1, 0.15) is 0 Å². The van der Waals surface area contributed by atoms with Gasteiger partial charge in [-0.1, -0.05) is 30.0 Å². The standard InChI is InChI=1S/C16H19F3N4OS/c1-9-5-6-12(7-10(9)2)11(3)20-13(24)8-25-15-22-21-14(23(15)4)16(17,18)19/h5-7,11H,8H2,1-4H3,(H,20,24)/t11-/m0/s1. The Bertz CT molecular complexity index is 773. The molecule has 0 fully saturated rings. The lowest BCUT2D eigenvalue weighted by Gasteiger charge is -2.15. The normalized spacial score (nSPS) is 12.9. The van der Waals surface area contributed by atoms with Crippen molar-refractivity contribution in [2.75, 3.05) is 5.75 Å². The van der Waals surface area contributed by atoms with Crippen LogP contribution in [0.3, 0.4) is 0 Å². The Morgan fingerprint density at radius 2 is 1.96 bits per heavy atom. The highest BCUT2D eigenvalue weighted by molar-refractivity contribution is 7.99. The Hall–Kier alpha value is -2.03. The van der Waals surface area contributed by atoms with Crippen molar-refractivity contribution in [3.8, 4) is 0 Å². The average molecular weight is 372 g/mol. The van der Waals surface area contributed by atoms with Gasteiger partial charge in [0, 0.05) is 7.05 Å². The molecule has 136 valence electrons. The van der Waals surface area contributed by atoms with Crippen LogP contribution in [0.4, 0.5) is 13.2 Å². The zero-order chi connectivity index (χ0) is 18.8. The molecule has 1 heterocycles. The van der Waals surface area contributed by atoms with Crippen LogP contribution in [0.15, 0.2) is 23.4 Å². The zero-order valence-corrected chi connectivity index (χ0v) is 15.1. The molecule has 5 nitrogen and oxygen atoms in total. The molecular formula is C16H19F3N4OS. The topological polar surface area (TPSA) is 59.8 Å². The summed E-state index contributed by atoms with van der Waals surface area (Å²) in [6, 6.07) is 5.74. The van der Waals surface area contributed by atoms with Crippen molar-refractivity contribution in [2.24, 2.45) is 7.05 Å². The maximum Gasteiger partial charge on any atom is 0.451 e. The van der Waals surface area contributed by atoms with Gasteiger partial charge in [-0.2, -0.15) is 13.2 Å². The molecular weight excluding hydrogens is 353 g/mol. The van der Waals surface area contributed by atoms with Gasteiger partial charge in [0.15, 0.2) is 5.16 Å². The lowest BCUT2D eigenvalue weighted by Crippen LogP contribution is -2.28. The van der Waals surface area contributed by atoms with Gasteiger partial charge >= 0.3 is 6.18 Å². The van der Waals surface area contributed by atoms with Gasteiger partial charge in [-0.3, -0.25) is 4.79 Å². The van der Waals surface area contributed by atoms with Gasteiger partial charge in [0.2, 0.25) is 11.7 Å². The number of benzene rings is 1. The highest BCUT2D eigenvalue weighted by Gasteiger charge is 2.37. The van der Waals surface area contributed by atoms with Crippen molar-refractivity contribution in [1.82, 2.24) is 20.1 Å². The molecule has 0 unspecified atom stereocenters. The number of carbonyl (C=O) groups is 1. The third kappa shape index (κ3) is 4.75. The number of amides is 1. The second-order valence-electron chi connectivity index (χ2n) is 5.78. The summed E-state index contributed by atoms with van der Waals surface area (Å²) >= 11 is 0.912. The lowest BCUT2D eigenvalue weighted by molar-refractivity contribution is -0.147. The van der Waals surface area contributed by atoms with Crippen molar-refractivity contribution in [3.63, 3.8) is 0 Å². The van der Waals surface area contributed by atoms with Gasteiger partial charge in [-0.15, -0.1) is 10.2 Å². The molecule has 0 saturated heterocycles. The average Bonchev–Trinajstić information content (AvgIpc) is 2.89. The Morgan fingerprint density at radius 1 is 1.28 bits per heavy atom. The van der Waals surface area contributed by atoms with E-state index in [4.69, 9.17) is 0 Å². The molecule has 0 radical (unpaired) electrons. The predicted octanol–water partition coefficient (Wildman–Crippen LogP) is 3.42. The summed E-state index contributed by atoms with van der Waals surface area (Å²) in [5.41, 5.74) is 3.27. The summed E-state index contributed by atoms with van der Waals surface area (Å²) in [5.74, 6) is -1.41. The second kappa shape index (κ2) is 7.47. The Labute approximate surface area is 148 Å². The number of carbonyl (C=O) groups excluding carboxylic acids is 1. The van der Waals surface area contributed by atoms with E-state index in [1.54, 1.807) is 0 Å². The van der Waals surface area contributed by atoms with Gasteiger partial charge in [-0.25, -0.2) is 0 Å². The van der Waals surface area contributed by atoms with Crippen LogP contribution >= 0.6 is 11.8 Å². The fourth-order valence-corrected chi connectivity index (χ4v) is 2.94. The molecule has 0 saturated carbocycles. The van der Waals surface area contributed by atoms with Crippen molar-refractivity contribution in [3.05, 3.63) is 40.7 Å². The van der Waals surface area contributed by atoms with Crippen LogP contribution in [0.1, 0.15) is 35.5 Å². The number of alkyl halides is 3. The van der Waals surface area contributed by atoms with E-state index in [2.05, 4.69) is 15.5 Å². The van der Waals surface area contributed by atoms with Crippen LogP contribution < -0.4 is 5.32 Å². The second-order valence-corrected chi connectivity index (χ2v) is 6.73.